The molecule has 0 spiro atoms. The summed E-state index contributed by atoms with van der Waals surface area (Å²) in [6, 6.07) is 1.28. The minimum absolute atomic E-state index is 0. The van der Waals surface area contributed by atoms with E-state index >= 15 is 0 Å². The van der Waals surface area contributed by atoms with Gasteiger partial charge in [0, 0.05) is 6.20 Å². The van der Waals surface area contributed by atoms with Crippen LogP contribution < -0.4 is 11.4 Å². The summed E-state index contributed by atoms with van der Waals surface area (Å²) in [5, 5.41) is 30.5. The Balaban J connectivity index is 0.00000392. The van der Waals surface area contributed by atoms with Gasteiger partial charge in [0.15, 0.2) is 12.1 Å². The van der Waals surface area contributed by atoms with Gasteiger partial charge in [-0.2, -0.15) is 4.98 Å². The molecule has 1 aromatic heterocycles. The first-order chi connectivity index (χ1) is 12.3. The average molecular weight is 433 g/mol. The van der Waals surface area contributed by atoms with E-state index in [2.05, 4.69) is 4.98 Å². The van der Waals surface area contributed by atoms with Crippen molar-refractivity contribution in [1.82, 2.24) is 9.55 Å². The van der Waals surface area contributed by atoms with Crippen molar-refractivity contribution in [1.29, 1.82) is 0 Å². The Morgan fingerprint density at radius 2 is 2.00 bits per heavy atom. The zero-order chi connectivity index (χ0) is 20.6. The van der Waals surface area contributed by atoms with Gasteiger partial charge in [0.1, 0.15) is 37.3 Å². The number of ether oxygens (including phenoxy) is 1. The van der Waals surface area contributed by atoms with Crippen LogP contribution in [0.4, 0.5) is 5.82 Å². The molecule has 6 N–H and O–H groups in total. The Labute approximate surface area is 183 Å². The fourth-order valence-electron chi connectivity index (χ4n) is 2.49. The first kappa shape index (κ1) is 25.7. The second-order valence-corrected chi connectivity index (χ2v) is 9.26. The third-order valence-electron chi connectivity index (χ3n) is 4.07. The molecule has 156 valence electrons. The van der Waals surface area contributed by atoms with E-state index in [4.69, 9.17) is 15.0 Å². The molecule has 14 heteroatoms. The number of aliphatic hydroxyl groups excluding tert-OH is 3. The van der Waals surface area contributed by atoms with E-state index < -0.39 is 43.7 Å². The van der Waals surface area contributed by atoms with Crippen molar-refractivity contribution < 1.29 is 38.5 Å². The van der Waals surface area contributed by atoms with Crippen molar-refractivity contribution in [2.24, 2.45) is 0 Å². The van der Waals surface area contributed by atoms with Crippen LogP contribution in [-0.2, 0) is 13.8 Å². The molecule has 1 aliphatic heterocycles. The van der Waals surface area contributed by atoms with Gasteiger partial charge < -0.3 is 39.7 Å². The third kappa shape index (κ3) is 6.07. The maximum atomic E-state index is 12.3. The van der Waals surface area contributed by atoms with E-state index in [0.717, 1.165) is 4.57 Å². The van der Waals surface area contributed by atoms with E-state index in [1.807, 2.05) is 21.1 Å². The molecular weight excluding hydrogens is 406 g/mol. The molecule has 0 amide bonds. The van der Waals surface area contributed by atoms with Crippen LogP contribution in [0.3, 0.4) is 0 Å². The molecule has 1 fully saturated rings. The van der Waals surface area contributed by atoms with Gasteiger partial charge in [-0.15, -0.1) is 0 Å². The second kappa shape index (κ2) is 9.63. The summed E-state index contributed by atoms with van der Waals surface area (Å²) in [4.78, 5) is 25.4. The Kier molecular flexibility index (Phi) is 8.82. The number of aromatic nitrogens is 2. The van der Waals surface area contributed by atoms with Crippen LogP contribution in [0.1, 0.15) is 6.23 Å². The van der Waals surface area contributed by atoms with Crippen LogP contribution in [0.15, 0.2) is 17.1 Å². The van der Waals surface area contributed by atoms with E-state index in [1.54, 1.807) is 0 Å². The standard InChI is InChI=1S/C14H25N4O8P.Na.H/c1-18(2,3)6-7-25-27(23,24)13(21)11-9(19)10(20)12(26-11)17-5-4-8(15)16-14(17)22;;/h4-5,9-13,19-21H,6-7H2,1-3H3,(H2-,15,16,22,23,24);;/p+1/t9-,10+,11-,12+,13+;;/m0../s1. The summed E-state index contributed by atoms with van der Waals surface area (Å²) in [7, 11) is 0.963. The fraction of sp³-hybridized carbons (Fsp3) is 0.714. The van der Waals surface area contributed by atoms with Crippen molar-refractivity contribution >= 4 is 43.0 Å². The van der Waals surface area contributed by atoms with E-state index in [0.29, 0.717) is 11.0 Å². The molecule has 28 heavy (non-hydrogen) atoms. The number of quaternary nitrogens is 1. The van der Waals surface area contributed by atoms with Crippen molar-refractivity contribution in [2.75, 3.05) is 40.0 Å². The number of rotatable bonds is 7. The van der Waals surface area contributed by atoms with Crippen LogP contribution in [0, 0.1) is 0 Å². The quantitative estimate of drug-likeness (QED) is 0.169. The Hall–Kier alpha value is -0.370. The van der Waals surface area contributed by atoms with Crippen LogP contribution in [0.5, 0.6) is 0 Å². The molecule has 2 rings (SSSR count). The minimum atomic E-state index is -4.59. The van der Waals surface area contributed by atoms with Gasteiger partial charge in [-0.25, -0.2) is 4.79 Å². The molecule has 0 aliphatic carbocycles. The van der Waals surface area contributed by atoms with Crippen molar-refractivity contribution in [3.8, 4) is 0 Å². The number of nitrogen functional groups attached to an aromatic ring is 1. The fourth-order valence-corrected chi connectivity index (χ4v) is 3.60. The second-order valence-electron chi connectivity index (χ2n) is 7.34. The summed E-state index contributed by atoms with van der Waals surface area (Å²) in [5.41, 5.74) is 4.54. The number of aliphatic hydroxyl groups is 3. The van der Waals surface area contributed by atoms with Crippen LogP contribution in [-0.4, -0.2) is 122 Å². The van der Waals surface area contributed by atoms with Gasteiger partial charge in [0.2, 0.25) is 0 Å². The summed E-state index contributed by atoms with van der Waals surface area (Å²) in [5.74, 6) is -2.18. The number of likely N-dealkylation sites (N-methyl/N-ethyl adjacent to an activating group) is 1. The van der Waals surface area contributed by atoms with Gasteiger partial charge in [-0.1, -0.05) is 0 Å². The van der Waals surface area contributed by atoms with Gasteiger partial charge >= 0.3 is 42.8 Å². The Bertz CT molecular complexity index is 772. The molecular formula is C14H27N4NaO8P+. The predicted molar refractivity (Wildman–Crippen MR) is 101 cm³/mol. The normalized spacial score (nSPS) is 28.4. The maximum absolute atomic E-state index is 12.3. The zero-order valence-corrected chi connectivity index (χ0v) is 16.1. The molecule has 1 aromatic rings. The van der Waals surface area contributed by atoms with E-state index in [-0.39, 0.29) is 42.0 Å². The summed E-state index contributed by atoms with van der Waals surface area (Å²) in [6.07, 6.45) is -5.28. The van der Waals surface area contributed by atoms with Gasteiger partial charge in [-0.3, -0.25) is 9.13 Å². The average Bonchev–Trinajstić information content (AvgIpc) is 2.81. The Morgan fingerprint density at radius 1 is 1.39 bits per heavy atom. The number of nitrogens with zero attached hydrogens (tertiary/aromatic N) is 3. The number of anilines is 1. The van der Waals surface area contributed by atoms with Crippen LogP contribution in [0.2, 0.25) is 0 Å². The molecule has 1 unspecified atom stereocenters. The monoisotopic (exact) mass is 433 g/mol. The molecule has 2 heterocycles. The Morgan fingerprint density at radius 3 is 2.54 bits per heavy atom. The van der Waals surface area contributed by atoms with Gasteiger partial charge in [-0.05, 0) is 6.07 Å². The van der Waals surface area contributed by atoms with E-state index in [1.165, 1.54) is 12.3 Å². The number of hydrogen-bond acceptors (Lipinski definition) is 9. The molecule has 12 nitrogen and oxygen atoms in total. The van der Waals surface area contributed by atoms with Gasteiger partial charge in [0.05, 0.1) is 21.1 Å². The first-order valence-electron chi connectivity index (χ1n) is 8.15. The summed E-state index contributed by atoms with van der Waals surface area (Å²) < 4.78 is 23.8. The summed E-state index contributed by atoms with van der Waals surface area (Å²) in [6.45, 7) is 0.271. The number of nitrogens with two attached hydrogens (primary N) is 1. The number of hydrogen-bond donors (Lipinski definition) is 5. The van der Waals surface area contributed by atoms with Crippen molar-refractivity contribution in [3.63, 3.8) is 0 Å². The molecule has 1 aliphatic rings. The predicted octanol–water partition coefficient (Wildman–Crippen LogP) is -2.98. The molecule has 0 aromatic carbocycles. The van der Waals surface area contributed by atoms with Crippen molar-refractivity contribution in [3.05, 3.63) is 22.7 Å². The zero-order valence-electron chi connectivity index (χ0n) is 15.2. The van der Waals surface area contributed by atoms with Crippen molar-refractivity contribution in [2.45, 2.75) is 30.4 Å². The topological polar surface area (TPSA) is 177 Å². The van der Waals surface area contributed by atoms with Crippen LogP contribution >= 0.6 is 7.60 Å². The molecule has 0 saturated carbocycles. The first-order valence-corrected chi connectivity index (χ1v) is 9.80. The third-order valence-corrected chi connectivity index (χ3v) is 5.58. The van der Waals surface area contributed by atoms with E-state index in [9.17, 15) is 29.6 Å². The molecule has 1 saturated heterocycles. The molecule has 0 bridgehead atoms. The van der Waals surface area contributed by atoms with Gasteiger partial charge in [0.25, 0.3) is 0 Å². The SMILES string of the molecule is C[N+](C)(C)CCOP(=O)(O)[C@@H](O)[C@H]1O[C@@H](n2ccc(N)nc2=O)[C@H](O)[C@@H]1O.[NaH]. The summed E-state index contributed by atoms with van der Waals surface area (Å²) >= 11 is 0. The molecule has 0 radical (unpaired) electrons. The molecule has 6 atom stereocenters. The van der Waals surface area contributed by atoms with Crippen LogP contribution in [0.25, 0.3) is 0 Å².